The summed E-state index contributed by atoms with van der Waals surface area (Å²) >= 11 is 6.00. The van der Waals surface area contributed by atoms with E-state index in [1.165, 1.54) is 60.0 Å². The summed E-state index contributed by atoms with van der Waals surface area (Å²) in [6.07, 6.45) is 6.44. The molecule has 4 atom stereocenters. The second-order valence-corrected chi connectivity index (χ2v) is 13.8. The van der Waals surface area contributed by atoms with Gasteiger partial charge in [0.25, 0.3) is 0 Å². The summed E-state index contributed by atoms with van der Waals surface area (Å²) in [7, 11) is -4.13. The van der Waals surface area contributed by atoms with Crippen LogP contribution in [0.15, 0.2) is 47.4 Å². The Morgan fingerprint density at radius 2 is 1.63 bits per heavy atom. The van der Waals surface area contributed by atoms with Crippen molar-refractivity contribution < 1.29 is 26.7 Å². The second kappa shape index (κ2) is 12.9. The van der Waals surface area contributed by atoms with E-state index in [0.717, 1.165) is 32.0 Å². The fraction of sp³-hybridized carbons (Fsp3) is 0.567. The average molecular weight is 610 g/mol. The van der Waals surface area contributed by atoms with Crippen LogP contribution in [-0.4, -0.2) is 73.0 Å². The largest absolute Gasteiger partial charge is 0.448 e. The quantitative estimate of drug-likeness (QED) is 0.380. The molecule has 3 aliphatic heterocycles. The van der Waals surface area contributed by atoms with Crippen LogP contribution in [0.25, 0.3) is 0 Å². The van der Waals surface area contributed by atoms with Gasteiger partial charge in [-0.1, -0.05) is 18.0 Å². The Bertz CT molecular complexity index is 1300. The third-order valence-corrected chi connectivity index (χ3v) is 11.0. The maximum absolute atomic E-state index is 14.2. The fourth-order valence-corrected chi connectivity index (χ4v) is 8.64. The number of rotatable bonds is 6. The van der Waals surface area contributed by atoms with Gasteiger partial charge in [-0.2, -0.15) is 4.31 Å². The summed E-state index contributed by atoms with van der Waals surface area (Å²) < 4.78 is 63.5. The van der Waals surface area contributed by atoms with E-state index >= 15 is 0 Å². The maximum atomic E-state index is 14.2. The van der Waals surface area contributed by atoms with Gasteiger partial charge in [0, 0.05) is 29.7 Å². The Morgan fingerprint density at radius 3 is 2.29 bits per heavy atom. The Balaban J connectivity index is 1.34. The standard InChI is InChI=1S/C30H38ClF2N3O4S/c1-21-16-26(34-13-3-2-4-14-34)12-15-35(21)30(37)40-20-27-6-5-7-29(22-17-24(32)19-25(33)18-22)36(27)41(38,39)28-10-8-23(31)9-11-28/h8-11,17-19,21,26-27,29H,2-7,12-16,20H2,1H3/t21?,26?,27-,29+/m1/s1. The highest BCUT2D eigenvalue weighted by Gasteiger charge is 2.42. The lowest BCUT2D eigenvalue weighted by Gasteiger charge is -2.43. The van der Waals surface area contributed by atoms with Gasteiger partial charge in [0.2, 0.25) is 10.0 Å². The van der Waals surface area contributed by atoms with Crippen molar-refractivity contribution in [2.45, 2.75) is 87.4 Å². The highest BCUT2D eigenvalue weighted by Crippen LogP contribution is 2.40. The molecule has 3 saturated heterocycles. The topological polar surface area (TPSA) is 70.2 Å². The minimum absolute atomic E-state index is 0.00597. The molecule has 0 saturated carbocycles. The third kappa shape index (κ3) is 6.87. The molecule has 1 amide bonds. The lowest BCUT2D eigenvalue weighted by atomic mass is 9.93. The summed E-state index contributed by atoms with van der Waals surface area (Å²) in [5.74, 6) is -1.56. The third-order valence-electron chi connectivity index (χ3n) is 8.73. The number of nitrogens with zero attached hydrogens (tertiary/aromatic N) is 3. The van der Waals surface area contributed by atoms with Gasteiger partial charge in [0.15, 0.2) is 0 Å². The van der Waals surface area contributed by atoms with E-state index in [2.05, 4.69) is 4.90 Å². The van der Waals surface area contributed by atoms with E-state index in [1.54, 1.807) is 4.90 Å². The van der Waals surface area contributed by atoms with Gasteiger partial charge in [0.05, 0.1) is 17.0 Å². The lowest BCUT2D eigenvalue weighted by Crippen LogP contribution is -2.53. The van der Waals surface area contributed by atoms with Crippen LogP contribution >= 0.6 is 11.6 Å². The zero-order chi connectivity index (χ0) is 29.1. The first-order valence-corrected chi connectivity index (χ1v) is 16.4. The molecule has 2 unspecified atom stereocenters. The Kier molecular flexibility index (Phi) is 9.53. The molecule has 0 radical (unpaired) electrons. The lowest BCUT2D eigenvalue weighted by molar-refractivity contribution is 0.0282. The molecule has 0 bridgehead atoms. The van der Waals surface area contributed by atoms with Gasteiger partial charge < -0.3 is 14.5 Å². The number of sulfonamides is 1. The van der Waals surface area contributed by atoms with Crippen LogP contribution in [0, 0.1) is 11.6 Å². The van der Waals surface area contributed by atoms with Crippen LogP contribution < -0.4 is 0 Å². The second-order valence-electron chi connectivity index (χ2n) is 11.5. The molecule has 2 aromatic rings. The summed E-state index contributed by atoms with van der Waals surface area (Å²) in [6, 6.07) is 7.83. The highest BCUT2D eigenvalue weighted by molar-refractivity contribution is 7.89. The molecule has 5 rings (SSSR count). The number of likely N-dealkylation sites (tertiary alicyclic amines) is 2. The van der Waals surface area contributed by atoms with Gasteiger partial charge in [-0.05, 0) is 107 Å². The Morgan fingerprint density at radius 1 is 0.951 bits per heavy atom. The number of halogens is 3. The number of hydrogen-bond acceptors (Lipinski definition) is 5. The van der Waals surface area contributed by atoms with Gasteiger partial charge in [-0.15, -0.1) is 0 Å². The van der Waals surface area contributed by atoms with E-state index in [-0.39, 0.29) is 23.1 Å². The van der Waals surface area contributed by atoms with Crippen molar-refractivity contribution in [1.82, 2.24) is 14.1 Å². The number of piperidine rings is 3. The molecule has 41 heavy (non-hydrogen) atoms. The predicted octanol–water partition coefficient (Wildman–Crippen LogP) is 6.38. The Hall–Kier alpha value is -2.27. The first-order valence-electron chi connectivity index (χ1n) is 14.6. The van der Waals surface area contributed by atoms with Crippen molar-refractivity contribution in [1.29, 1.82) is 0 Å². The van der Waals surface area contributed by atoms with Crippen LogP contribution in [0.1, 0.15) is 69.9 Å². The monoisotopic (exact) mass is 609 g/mol. The smallest absolute Gasteiger partial charge is 0.410 e. The average Bonchev–Trinajstić information content (AvgIpc) is 2.95. The summed E-state index contributed by atoms with van der Waals surface area (Å²) in [4.78, 5) is 17.5. The van der Waals surface area contributed by atoms with Crippen molar-refractivity contribution in [3.8, 4) is 0 Å². The molecular formula is C30H38ClF2N3O4S. The maximum Gasteiger partial charge on any atom is 0.410 e. The number of carbonyl (C=O) groups excluding carboxylic acids is 1. The van der Waals surface area contributed by atoms with Crippen LogP contribution in [0.5, 0.6) is 0 Å². The fourth-order valence-electron chi connectivity index (χ4n) is 6.67. The summed E-state index contributed by atoms with van der Waals surface area (Å²) in [5, 5.41) is 0.384. The number of benzene rings is 2. The molecule has 2 aromatic carbocycles. The van der Waals surface area contributed by atoms with Gasteiger partial charge >= 0.3 is 6.09 Å². The molecule has 0 spiro atoms. The van der Waals surface area contributed by atoms with Crippen LogP contribution in [0.3, 0.4) is 0 Å². The van der Waals surface area contributed by atoms with E-state index < -0.39 is 39.8 Å². The van der Waals surface area contributed by atoms with Crippen LogP contribution in [-0.2, 0) is 14.8 Å². The van der Waals surface area contributed by atoms with E-state index in [9.17, 15) is 22.0 Å². The molecule has 0 aliphatic carbocycles. The number of hydrogen-bond donors (Lipinski definition) is 0. The van der Waals surface area contributed by atoms with Crippen molar-refractivity contribution in [3.63, 3.8) is 0 Å². The minimum atomic E-state index is -4.13. The first-order chi connectivity index (χ1) is 19.6. The molecule has 7 nitrogen and oxygen atoms in total. The minimum Gasteiger partial charge on any atom is -0.448 e. The molecule has 0 N–H and O–H groups in total. The molecule has 0 aromatic heterocycles. The van der Waals surface area contributed by atoms with Crippen molar-refractivity contribution in [2.24, 2.45) is 0 Å². The molecule has 11 heteroatoms. The van der Waals surface area contributed by atoms with Crippen molar-refractivity contribution >= 4 is 27.7 Å². The number of amides is 1. The molecule has 224 valence electrons. The van der Waals surface area contributed by atoms with E-state index in [4.69, 9.17) is 16.3 Å². The first kappa shape index (κ1) is 30.2. The molecule has 3 aliphatic rings. The van der Waals surface area contributed by atoms with Gasteiger partial charge in [-0.3, -0.25) is 0 Å². The van der Waals surface area contributed by atoms with Crippen molar-refractivity contribution in [3.05, 3.63) is 64.7 Å². The predicted molar refractivity (Wildman–Crippen MR) is 153 cm³/mol. The number of carbonyl (C=O) groups is 1. The Labute approximate surface area is 246 Å². The molecule has 3 fully saturated rings. The number of ether oxygens (including phenoxy) is 1. The van der Waals surface area contributed by atoms with E-state index in [1.807, 2.05) is 6.92 Å². The van der Waals surface area contributed by atoms with E-state index in [0.29, 0.717) is 36.9 Å². The van der Waals surface area contributed by atoms with Crippen LogP contribution in [0.4, 0.5) is 13.6 Å². The summed E-state index contributed by atoms with van der Waals surface area (Å²) in [6.45, 7) is 4.68. The molecular weight excluding hydrogens is 572 g/mol. The zero-order valence-corrected chi connectivity index (χ0v) is 24.9. The summed E-state index contributed by atoms with van der Waals surface area (Å²) in [5.41, 5.74) is 0.226. The van der Waals surface area contributed by atoms with Crippen LogP contribution in [0.2, 0.25) is 5.02 Å². The zero-order valence-electron chi connectivity index (χ0n) is 23.4. The van der Waals surface area contributed by atoms with Gasteiger partial charge in [0.1, 0.15) is 18.2 Å². The molecule has 3 heterocycles. The normalized spacial score (nSPS) is 26.6. The van der Waals surface area contributed by atoms with Gasteiger partial charge in [-0.25, -0.2) is 22.0 Å². The van der Waals surface area contributed by atoms with Crippen molar-refractivity contribution in [2.75, 3.05) is 26.2 Å². The highest BCUT2D eigenvalue weighted by atomic mass is 35.5. The SMILES string of the molecule is CC1CC(N2CCCCC2)CCN1C(=O)OC[C@H]1CCC[C@@H](c2cc(F)cc(F)c2)N1S(=O)(=O)c1ccc(Cl)cc1.